The van der Waals surface area contributed by atoms with Crippen molar-refractivity contribution in [2.24, 2.45) is 5.92 Å². The highest BCUT2D eigenvalue weighted by atomic mass is 16.7. The molecule has 42 heavy (non-hydrogen) atoms. The first kappa shape index (κ1) is 26.7. The first-order valence-electron chi connectivity index (χ1n) is 13.0. The minimum atomic E-state index is -1.14. The predicted molar refractivity (Wildman–Crippen MR) is 150 cm³/mol. The first-order chi connectivity index (χ1) is 20.4. The Balaban J connectivity index is 1.37. The molecule has 0 N–H and O–H groups in total. The lowest BCUT2D eigenvalue weighted by Crippen LogP contribution is -2.37. The lowest BCUT2D eigenvalue weighted by Gasteiger charge is -2.29. The number of nitro benzene ring substituents is 1. The van der Waals surface area contributed by atoms with Crippen LogP contribution in [0.25, 0.3) is 0 Å². The van der Waals surface area contributed by atoms with Crippen molar-refractivity contribution in [1.29, 1.82) is 0 Å². The second-order valence-corrected chi connectivity index (χ2v) is 9.61. The Morgan fingerprint density at radius 1 is 0.833 bits per heavy atom. The van der Waals surface area contributed by atoms with E-state index in [-0.39, 0.29) is 22.9 Å². The largest absolute Gasteiger partial charge is 0.493 e. The van der Waals surface area contributed by atoms with Gasteiger partial charge in [-0.05, 0) is 54.1 Å². The summed E-state index contributed by atoms with van der Waals surface area (Å²) in [6.07, 6.45) is -1.14. The molecule has 0 unspecified atom stereocenters. The van der Waals surface area contributed by atoms with E-state index >= 15 is 0 Å². The fourth-order valence-corrected chi connectivity index (χ4v) is 5.22. The summed E-state index contributed by atoms with van der Waals surface area (Å²) < 4.78 is 11.1. The maximum absolute atomic E-state index is 13.9. The van der Waals surface area contributed by atoms with Crippen LogP contribution in [0, 0.1) is 16.0 Å². The number of non-ortho nitro benzene ring substituents is 1. The topological polar surface area (TPSA) is 129 Å². The minimum absolute atomic E-state index is 0.164. The van der Waals surface area contributed by atoms with Crippen molar-refractivity contribution < 1.29 is 33.6 Å². The van der Waals surface area contributed by atoms with Crippen molar-refractivity contribution >= 4 is 34.8 Å². The van der Waals surface area contributed by atoms with Crippen LogP contribution in [0.5, 0.6) is 11.5 Å². The Morgan fingerprint density at radius 2 is 1.50 bits per heavy atom. The Labute approximate surface area is 239 Å². The third-order valence-corrected chi connectivity index (χ3v) is 7.19. The fourth-order valence-electron chi connectivity index (χ4n) is 5.22. The summed E-state index contributed by atoms with van der Waals surface area (Å²) in [5.41, 5.74) is 1.61. The van der Waals surface area contributed by atoms with Crippen molar-refractivity contribution in [3.8, 4) is 11.5 Å². The number of benzene rings is 4. The van der Waals surface area contributed by atoms with Crippen molar-refractivity contribution in [1.82, 2.24) is 0 Å². The van der Waals surface area contributed by atoms with E-state index in [9.17, 15) is 24.5 Å². The van der Waals surface area contributed by atoms with Crippen LogP contribution in [0.1, 0.15) is 22.0 Å². The third-order valence-electron chi connectivity index (χ3n) is 7.19. The molecule has 4 aromatic rings. The van der Waals surface area contributed by atoms with Crippen LogP contribution in [-0.4, -0.2) is 35.9 Å². The zero-order valence-corrected chi connectivity index (χ0v) is 22.2. The molecule has 2 saturated heterocycles. The highest BCUT2D eigenvalue weighted by Gasteiger charge is 2.60. The quantitative estimate of drug-likeness (QED) is 0.101. The summed E-state index contributed by atoms with van der Waals surface area (Å²) in [5.74, 6) is -2.18. The number of imide groups is 1. The molecule has 0 bridgehead atoms. The monoisotopic (exact) mass is 565 g/mol. The summed E-state index contributed by atoms with van der Waals surface area (Å²) in [4.78, 5) is 57.8. The van der Waals surface area contributed by atoms with Gasteiger partial charge in [0.1, 0.15) is 5.92 Å². The molecule has 2 fully saturated rings. The van der Waals surface area contributed by atoms with Gasteiger partial charge in [0, 0.05) is 12.1 Å². The van der Waals surface area contributed by atoms with Crippen molar-refractivity contribution in [3.05, 3.63) is 124 Å². The number of esters is 1. The van der Waals surface area contributed by atoms with E-state index < -0.39 is 40.8 Å². The lowest BCUT2D eigenvalue weighted by molar-refractivity contribution is -0.384. The van der Waals surface area contributed by atoms with E-state index in [2.05, 4.69) is 0 Å². The maximum Gasteiger partial charge on any atom is 0.343 e. The van der Waals surface area contributed by atoms with Crippen molar-refractivity contribution in [3.63, 3.8) is 0 Å². The number of ether oxygens (including phenoxy) is 2. The van der Waals surface area contributed by atoms with Crippen LogP contribution in [0.4, 0.5) is 17.1 Å². The standard InChI is InChI=1S/C31H23N3O8/c1-40-25-18-20(12-17-24(25)41-31(37)19-8-4-2-5-9-19)27-26-28(42-33(27)22-10-6-3-7-11-22)30(36)32(29(26)35)21-13-15-23(16-14-21)34(38)39/h2-18,26-28H,1H3/t26-,27+,28+/m0/s1. The zero-order valence-electron chi connectivity index (χ0n) is 22.2. The van der Waals surface area contributed by atoms with Crippen LogP contribution >= 0.6 is 0 Å². The van der Waals surface area contributed by atoms with Crippen LogP contribution in [-0.2, 0) is 14.4 Å². The number of hydrogen-bond donors (Lipinski definition) is 0. The van der Waals surface area contributed by atoms with E-state index in [1.165, 1.54) is 36.4 Å². The highest BCUT2D eigenvalue weighted by Crippen LogP contribution is 2.48. The molecule has 210 valence electrons. The number of carbonyl (C=O) groups is 3. The molecule has 11 heteroatoms. The highest BCUT2D eigenvalue weighted by molar-refractivity contribution is 6.24. The second-order valence-electron chi connectivity index (χ2n) is 9.61. The summed E-state index contributed by atoms with van der Waals surface area (Å²) >= 11 is 0. The number of rotatable bonds is 7. The van der Waals surface area contributed by atoms with Gasteiger partial charge in [0.2, 0.25) is 5.91 Å². The molecule has 2 amide bonds. The maximum atomic E-state index is 13.9. The van der Waals surface area contributed by atoms with Gasteiger partial charge in [-0.1, -0.05) is 42.5 Å². The average molecular weight is 566 g/mol. The third kappa shape index (κ3) is 4.61. The smallest absolute Gasteiger partial charge is 0.343 e. The summed E-state index contributed by atoms with van der Waals surface area (Å²) in [6, 6.07) is 26.9. The number of hydrogen-bond acceptors (Lipinski definition) is 9. The zero-order chi connectivity index (χ0) is 29.4. The Hall–Kier alpha value is -5.55. The number of amides is 2. The molecule has 0 spiro atoms. The number of nitrogens with zero attached hydrogens (tertiary/aromatic N) is 3. The fraction of sp³-hybridized carbons (Fsp3) is 0.129. The molecule has 6 rings (SSSR count). The van der Waals surface area contributed by atoms with Crippen LogP contribution < -0.4 is 19.4 Å². The Morgan fingerprint density at radius 3 is 2.14 bits per heavy atom. The number of fused-ring (bicyclic) bond motifs is 1. The predicted octanol–water partition coefficient (Wildman–Crippen LogP) is 4.87. The first-order valence-corrected chi connectivity index (χ1v) is 13.0. The molecule has 3 atom stereocenters. The molecular formula is C31H23N3O8. The molecule has 0 aliphatic carbocycles. The van der Waals surface area contributed by atoms with E-state index in [1.807, 2.05) is 18.2 Å². The van der Waals surface area contributed by atoms with E-state index in [0.29, 0.717) is 16.8 Å². The molecule has 0 radical (unpaired) electrons. The van der Waals surface area contributed by atoms with E-state index in [4.69, 9.17) is 14.3 Å². The number of nitro groups is 1. The van der Waals surface area contributed by atoms with Gasteiger partial charge in [0.25, 0.3) is 11.6 Å². The van der Waals surface area contributed by atoms with Crippen molar-refractivity contribution in [2.75, 3.05) is 17.1 Å². The van der Waals surface area contributed by atoms with Gasteiger partial charge in [0.15, 0.2) is 17.6 Å². The van der Waals surface area contributed by atoms with Crippen LogP contribution in [0.2, 0.25) is 0 Å². The Kier molecular flexibility index (Phi) is 6.85. The summed E-state index contributed by atoms with van der Waals surface area (Å²) in [5, 5.41) is 12.6. The van der Waals surface area contributed by atoms with Gasteiger partial charge in [-0.15, -0.1) is 0 Å². The van der Waals surface area contributed by atoms with E-state index in [0.717, 1.165) is 4.90 Å². The number of hydroxylamine groups is 1. The molecular weight excluding hydrogens is 542 g/mol. The molecule has 0 saturated carbocycles. The van der Waals surface area contributed by atoms with Gasteiger partial charge in [-0.2, -0.15) is 0 Å². The normalized spacial score (nSPS) is 19.5. The van der Waals surface area contributed by atoms with Crippen molar-refractivity contribution in [2.45, 2.75) is 12.1 Å². The number of carbonyl (C=O) groups excluding carboxylic acids is 3. The average Bonchev–Trinajstić information content (AvgIpc) is 3.53. The van der Waals surface area contributed by atoms with Gasteiger partial charge in [-0.3, -0.25) is 24.5 Å². The molecule has 4 aromatic carbocycles. The summed E-state index contributed by atoms with van der Waals surface area (Å²) in [7, 11) is 1.43. The SMILES string of the molecule is COc1cc([C@@H]2[C@@H]3C(=O)N(c4ccc([N+](=O)[O-])cc4)C(=O)[C@@H]3ON2c2ccccc2)ccc1OC(=O)c1ccccc1. The van der Waals surface area contributed by atoms with Crippen LogP contribution in [0.15, 0.2) is 103 Å². The number of para-hydroxylation sites is 1. The molecule has 2 heterocycles. The van der Waals surface area contributed by atoms with Gasteiger partial charge >= 0.3 is 5.97 Å². The molecule has 2 aliphatic rings. The molecule has 11 nitrogen and oxygen atoms in total. The number of anilines is 2. The van der Waals surface area contributed by atoms with E-state index in [1.54, 1.807) is 60.7 Å². The Bertz CT molecular complexity index is 1680. The van der Waals surface area contributed by atoms with Gasteiger partial charge < -0.3 is 9.47 Å². The van der Waals surface area contributed by atoms with Crippen LogP contribution in [0.3, 0.4) is 0 Å². The number of methoxy groups -OCH3 is 1. The molecule has 2 aliphatic heterocycles. The second kappa shape index (κ2) is 10.8. The van der Waals surface area contributed by atoms with Gasteiger partial charge in [-0.25, -0.2) is 14.8 Å². The van der Waals surface area contributed by atoms with Gasteiger partial charge in [0.05, 0.1) is 35.0 Å². The molecule has 0 aromatic heterocycles. The minimum Gasteiger partial charge on any atom is -0.493 e. The summed E-state index contributed by atoms with van der Waals surface area (Å²) in [6.45, 7) is 0. The lowest BCUT2D eigenvalue weighted by atomic mass is 9.90.